The number of nitrogens with two attached hydrogens (primary N) is 1. The van der Waals surface area contributed by atoms with Crippen LogP contribution >= 0.6 is 0 Å². The van der Waals surface area contributed by atoms with Gasteiger partial charge >= 0.3 is 0 Å². The molecule has 2 heteroatoms. The maximum atomic E-state index is 8.43. The number of nitrogens with zero attached hydrogens (tertiary/aromatic N) is 1. The lowest BCUT2D eigenvalue weighted by Crippen LogP contribution is -1.96. The summed E-state index contributed by atoms with van der Waals surface area (Å²) in [6.07, 6.45) is 4.88. The van der Waals surface area contributed by atoms with E-state index in [4.69, 9.17) is 11.0 Å². The summed E-state index contributed by atoms with van der Waals surface area (Å²) in [6.45, 7) is 9.28. The van der Waals surface area contributed by atoms with Crippen molar-refractivity contribution in [1.29, 1.82) is 5.26 Å². The predicted octanol–water partition coefficient (Wildman–Crippen LogP) is 2.51. The predicted molar refractivity (Wildman–Crippen MR) is 53.2 cm³/mol. The van der Waals surface area contributed by atoms with E-state index in [2.05, 4.69) is 6.58 Å². The first-order valence-electron chi connectivity index (χ1n) is 3.91. The molecular formula is C10H16N2. The molecule has 12 heavy (non-hydrogen) atoms. The highest BCUT2D eigenvalue weighted by Crippen LogP contribution is 1.99. The van der Waals surface area contributed by atoms with Gasteiger partial charge < -0.3 is 5.73 Å². The first-order chi connectivity index (χ1) is 5.76. The lowest BCUT2D eigenvalue weighted by molar-refractivity contribution is 1.36. The lowest BCUT2D eigenvalue weighted by Gasteiger charge is -1.91. The summed E-state index contributed by atoms with van der Waals surface area (Å²) in [4.78, 5) is 0. The maximum absolute atomic E-state index is 8.43. The van der Waals surface area contributed by atoms with Crippen LogP contribution in [0.5, 0.6) is 0 Å². The molecule has 0 saturated carbocycles. The van der Waals surface area contributed by atoms with E-state index in [9.17, 15) is 0 Å². The molecule has 0 radical (unpaired) electrons. The van der Waals surface area contributed by atoms with Crippen LogP contribution in [0.4, 0.5) is 0 Å². The molecule has 2 nitrogen and oxygen atoms in total. The largest absolute Gasteiger partial charge is 0.398 e. The highest BCUT2D eigenvalue weighted by molar-refractivity contribution is 5.39. The molecule has 0 rings (SSSR count). The van der Waals surface area contributed by atoms with Crippen molar-refractivity contribution in [2.24, 2.45) is 5.73 Å². The monoisotopic (exact) mass is 164 g/mol. The Balaban J connectivity index is 0. The number of allylic oxidation sites excluding steroid dienone is 4. The lowest BCUT2D eigenvalue weighted by atomic mass is 10.2. The Hall–Kier alpha value is -1.49. The van der Waals surface area contributed by atoms with Gasteiger partial charge in [-0.25, -0.2) is 0 Å². The zero-order valence-electron chi connectivity index (χ0n) is 7.96. The molecule has 0 bridgehead atoms. The molecule has 0 spiro atoms. The van der Waals surface area contributed by atoms with Crippen molar-refractivity contribution in [3.63, 3.8) is 0 Å². The van der Waals surface area contributed by atoms with Gasteiger partial charge in [-0.3, -0.25) is 0 Å². The first-order valence-corrected chi connectivity index (χ1v) is 3.91. The van der Waals surface area contributed by atoms with Crippen LogP contribution in [0.2, 0.25) is 0 Å². The molecule has 0 aromatic carbocycles. The summed E-state index contributed by atoms with van der Waals surface area (Å²) in [5, 5.41) is 8.43. The second kappa shape index (κ2) is 9.51. The van der Waals surface area contributed by atoms with Crippen LogP contribution in [-0.4, -0.2) is 0 Å². The molecule has 0 aromatic rings. The van der Waals surface area contributed by atoms with Crippen molar-refractivity contribution in [3.8, 4) is 6.07 Å². The fraction of sp³-hybridized carbons (Fsp3) is 0.300. The van der Waals surface area contributed by atoms with Crippen LogP contribution < -0.4 is 5.73 Å². The number of nitriles is 1. The molecule has 0 heterocycles. The Morgan fingerprint density at radius 1 is 1.50 bits per heavy atom. The van der Waals surface area contributed by atoms with E-state index in [-0.39, 0.29) is 0 Å². The highest BCUT2D eigenvalue weighted by Gasteiger charge is 1.91. The van der Waals surface area contributed by atoms with Crippen LogP contribution in [0.3, 0.4) is 0 Å². The molecule has 66 valence electrons. The third kappa shape index (κ3) is 5.31. The van der Waals surface area contributed by atoms with E-state index in [1.165, 1.54) is 6.08 Å². The molecule has 0 aliphatic heterocycles. The fourth-order valence-electron chi connectivity index (χ4n) is 0.497. The summed E-state index contributed by atoms with van der Waals surface area (Å²) in [5.41, 5.74) is 6.32. The Labute approximate surface area is 74.7 Å². The molecule has 0 aromatic heterocycles. The molecule has 2 N–H and O–H groups in total. The van der Waals surface area contributed by atoms with Gasteiger partial charge in [-0.2, -0.15) is 5.26 Å². The summed E-state index contributed by atoms with van der Waals surface area (Å²) >= 11 is 0. The SMILES string of the molecule is C=C/C(C#N)=C(N)\C=C/C.CC. The smallest absolute Gasteiger partial charge is 0.101 e. The first kappa shape index (κ1) is 13.1. The third-order valence-corrected chi connectivity index (χ3v) is 0.982. The zero-order chi connectivity index (χ0) is 9.98. The summed E-state index contributed by atoms with van der Waals surface area (Å²) < 4.78 is 0. The van der Waals surface area contributed by atoms with E-state index in [1.807, 2.05) is 26.8 Å². The summed E-state index contributed by atoms with van der Waals surface area (Å²) in [6, 6.07) is 1.92. The Kier molecular flexibility index (Phi) is 10.4. The van der Waals surface area contributed by atoms with Gasteiger partial charge in [0.25, 0.3) is 0 Å². The van der Waals surface area contributed by atoms with Crippen LogP contribution in [0, 0.1) is 11.3 Å². The van der Waals surface area contributed by atoms with Crippen LogP contribution in [-0.2, 0) is 0 Å². The number of hydrogen-bond acceptors (Lipinski definition) is 2. The number of rotatable bonds is 2. The molecule has 0 amide bonds. The van der Waals surface area contributed by atoms with Gasteiger partial charge in [0, 0.05) is 5.70 Å². The molecule has 0 unspecified atom stereocenters. The van der Waals surface area contributed by atoms with Crippen molar-refractivity contribution < 1.29 is 0 Å². The van der Waals surface area contributed by atoms with Gasteiger partial charge in [0.15, 0.2) is 0 Å². The average Bonchev–Trinajstić information content (AvgIpc) is 2.11. The van der Waals surface area contributed by atoms with Gasteiger partial charge in [0.2, 0.25) is 0 Å². The van der Waals surface area contributed by atoms with Gasteiger partial charge in [-0.1, -0.05) is 26.5 Å². The average molecular weight is 164 g/mol. The van der Waals surface area contributed by atoms with Crippen molar-refractivity contribution in [1.82, 2.24) is 0 Å². The van der Waals surface area contributed by atoms with Gasteiger partial charge in [-0.05, 0) is 19.1 Å². The van der Waals surface area contributed by atoms with E-state index in [0.29, 0.717) is 11.3 Å². The molecule has 0 fully saturated rings. The highest BCUT2D eigenvalue weighted by atomic mass is 14.6. The van der Waals surface area contributed by atoms with Gasteiger partial charge in [0.1, 0.15) is 6.07 Å². The molecule has 0 saturated heterocycles. The van der Waals surface area contributed by atoms with E-state index in [0.717, 1.165) is 0 Å². The minimum Gasteiger partial charge on any atom is -0.398 e. The normalized spacial score (nSPS) is 10.8. The zero-order valence-corrected chi connectivity index (χ0v) is 7.96. The summed E-state index contributed by atoms with van der Waals surface area (Å²) in [5.74, 6) is 0. The second-order valence-corrected chi connectivity index (χ2v) is 1.68. The van der Waals surface area contributed by atoms with Gasteiger partial charge in [-0.15, -0.1) is 0 Å². The topological polar surface area (TPSA) is 49.8 Å². The van der Waals surface area contributed by atoms with Crippen molar-refractivity contribution in [2.45, 2.75) is 20.8 Å². The molecule has 0 aliphatic carbocycles. The molecule has 0 atom stereocenters. The van der Waals surface area contributed by atoms with Crippen molar-refractivity contribution >= 4 is 0 Å². The molecular weight excluding hydrogens is 148 g/mol. The van der Waals surface area contributed by atoms with E-state index >= 15 is 0 Å². The van der Waals surface area contributed by atoms with Crippen LogP contribution in [0.25, 0.3) is 0 Å². The fourth-order valence-corrected chi connectivity index (χ4v) is 0.497. The Morgan fingerprint density at radius 3 is 2.25 bits per heavy atom. The Bertz CT molecular complexity index is 216. The van der Waals surface area contributed by atoms with Crippen molar-refractivity contribution in [3.05, 3.63) is 36.1 Å². The van der Waals surface area contributed by atoms with E-state index in [1.54, 1.807) is 12.2 Å². The third-order valence-electron chi connectivity index (χ3n) is 0.982. The quantitative estimate of drug-likeness (QED) is 0.503. The Morgan fingerprint density at radius 2 is 2.00 bits per heavy atom. The maximum Gasteiger partial charge on any atom is 0.101 e. The molecule has 0 aliphatic rings. The summed E-state index contributed by atoms with van der Waals surface area (Å²) in [7, 11) is 0. The van der Waals surface area contributed by atoms with E-state index < -0.39 is 0 Å². The van der Waals surface area contributed by atoms with Crippen molar-refractivity contribution in [2.75, 3.05) is 0 Å². The van der Waals surface area contributed by atoms with Gasteiger partial charge in [0.05, 0.1) is 5.57 Å². The second-order valence-electron chi connectivity index (χ2n) is 1.68. The minimum absolute atomic E-state index is 0.415. The minimum atomic E-state index is 0.415. The number of hydrogen-bond donors (Lipinski definition) is 1. The van der Waals surface area contributed by atoms with Crippen LogP contribution in [0.1, 0.15) is 20.8 Å². The standard InChI is InChI=1S/C8H10N2.C2H6/c1-3-5-8(10)7(4-2)6-9;1-2/h3-5H,2,10H2,1H3;1-2H3/b5-3-,8-7-;. The van der Waals surface area contributed by atoms with Crippen LogP contribution in [0.15, 0.2) is 36.1 Å².